The van der Waals surface area contributed by atoms with E-state index < -0.39 is 0 Å². The van der Waals surface area contributed by atoms with Gasteiger partial charge in [-0.05, 0) is 46.9 Å². The summed E-state index contributed by atoms with van der Waals surface area (Å²) in [5, 5.41) is 10.9. The first-order valence-electron chi connectivity index (χ1n) is 8.64. The first kappa shape index (κ1) is 16.1. The van der Waals surface area contributed by atoms with Gasteiger partial charge in [-0.2, -0.15) is 0 Å². The summed E-state index contributed by atoms with van der Waals surface area (Å²) in [5.41, 5.74) is 1.11. The van der Waals surface area contributed by atoms with Gasteiger partial charge in [0.1, 0.15) is 18.7 Å². The van der Waals surface area contributed by atoms with E-state index in [9.17, 15) is 9.18 Å². The van der Waals surface area contributed by atoms with Gasteiger partial charge in [-0.15, -0.1) is 5.10 Å². The molecule has 3 aliphatic rings. The quantitative estimate of drug-likeness (QED) is 0.826. The van der Waals surface area contributed by atoms with E-state index in [1.807, 2.05) is 17.0 Å². The molecule has 1 aromatic carbocycles. The highest BCUT2D eigenvalue weighted by Crippen LogP contribution is 2.29. The number of fused-ring (bicyclic) bond motifs is 4. The van der Waals surface area contributed by atoms with Crippen LogP contribution in [0.15, 0.2) is 30.6 Å². The van der Waals surface area contributed by atoms with Crippen molar-refractivity contribution in [3.05, 3.63) is 42.0 Å². The number of rotatable bonds is 4. The third-order valence-corrected chi connectivity index (χ3v) is 5.12. The van der Waals surface area contributed by atoms with Crippen LogP contribution in [0.5, 0.6) is 0 Å². The van der Waals surface area contributed by atoms with E-state index in [4.69, 9.17) is 0 Å². The highest BCUT2D eigenvalue weighted by atomic mass is 19.1. The van der Waals surface area contributed by atoms with E-state index >= 15 is 0 Å². The maximum Gasteiger partial charge on any atom is 0.244 e. The van der Waals surface area contributed by atoms with E-state index in [0.29, 0.717) is 5.92 Å². The number of carbonyl (C=O) groups excluding carboxylic acids is 1. The van der Waals surface area contributed by atoms with Crippen LogP contribution >= 0.6 is 0 Å². The minimum absolute atomic E-state index is 0.0747. The van der Waals surface area contributed by atoms with Gasteiger partial charge in [0.2, 0.25) is 5.91 Å². The average Bonchev–Trinajstić information content (AvgIpc) is 2.96. The molecule has 3 aliphatic heterocycles. The fourth-order valence-electron chi connectivity index (χ4n) is 3.94. The Kier molecular flexibility index (Phi) is 4.44. The van der Waals surface area contributed by atoms with E-state index in [1.54, 1.807) is 0 Å². The number of benzene rings is 1. The molecule has 2 atom stereocenters. The van der Waals surface area contributed by atoms with Crippen molar-refractivity contribution in [3.8, 4) is 0 Å². The molecule has 5 rings (SSSR count). The molecule has 8 heteroatoms. The van der Waals surface area contributed by atoms with E-state index in [0.717, 1.165) is 44.6 Å². The summed E-state index contributed by atoms with van der Waals surface area (Å²) >= 11 is 0. The van der Waals surface area contributed by atoms with Gasteiger partial charge < -0.3 is 4.90 Å². The maximum atomic E-state index is 13.1. The molecular formula is C17H21FN6O. The summed E-state index contributed by atoms with van der Waals surface area (Å²) in [5.74, 6) is 0.349. The lowest BCUT2D eigenvalue weighted by atomic mass is 9.95. The van der Waals surface area contributed by atoms with Crippen LogP contribution in [0.2, 0.25) is 0 Å². The van der Waals surface area contributed by atoms with Crippen LogP contribution in [0.4, 0.5) is 4.39 Å². The molecule has 4 heterocycles. The van der Waals surface area contributed by atoms with E-state index in [2.05, 4.69) is 20.4 Å². The van der Waals surface area contributed by atoms with Crippen molar-refractivity contribution in [2.45, 2.75) is 32.0 Å². The second kappa shape index (κ2) is 6.87. The molecular weight excluding hydrogens is 323 g/mol. The molecule has 1 aromatic heterocycles. The topological polar surface area (TPSA) is 67.2 Å². The molecule has 7 nitrogen and oxygen atoms in total. The Hall–Kier alpha value is -2.35. The minimum atomic E-state index is -0.209. The van der Waals surface area contributed by atoms with Crippen molar-refractivity contribution in [1.29, 1.82) is 0 Å². The lowest BCUT2D eigenvalue weighted by Gasteiger charge is -2.36. The predicted octanol–water partition coefficient (Wildman–Crippen LogP) is 0.935. The number of halogens is 1. The van der Waals surface area contributed by atoms with Crippen LogP contribution in [0.25, 0.3) is 0 Å². The molecule has 0 N–H and O–H groups in total. The average molecular weight is 344 g/mol. The van der Waals surface area contributed by atoms with Gasteiger partial charge in [0.05, 0.1) is 0 Å². The second-order valence-corrected chi connectivity index (χ2v) is 6.97. The van der Waals surface area contributed by atoms with Crippen molar-refractivity contribution < 1.29 is 9.18 Å². The van der Waals surface area contributed by atoms with E-state index in [1.165, 1.54) is 23.1 Å². The maximum absolute atomic E-state index is 13.1. The highest BCUT2D eigenvalue weighted by molar-refractivity contribution is 5.76. The minimum Gasteiger partial charge on any atom is -0.336 e. The van der Waals surface area contributed by atoms with Crippen LogP contribution in [-0.2, 0) is 17.9 Å². The van der Waals surface area contributed by atoms with Crippen LogP contribution < -0.4 is 0 Å². The standard InChI is InChI=1S/C17H21FN6O/c18-15-4-1-13(2-5-15)7-22-8-14-3-6-16(10-22)24(9-14)17(25)11-23-12-19-20-21-23/h1-2,4-5,12,14,16H,3,6-11H2/t14-,16+/m0/s1. The SMILES string of the molecule is O=C(Cn1cnnn1)N1C[C@H]2CC[C@@H]1CN(Cc1ccc(F)cc1)C2. The Morgan fingerprint density at radius 1 is 1.16 bits per heavy atom. The number of carbonyl (C=O) groups is 1. The summed E-state index contributed by atoms with van der Waals surface area (Å²) in [6.07, 6.45) is 3.65. The molecule has 0 radical (unpaired) electrons. The van der Waals surface area contributed by atoms with Gasteiger partial charge in [0, 0.05) is 32.2 Å². The molecule has 3 fully saturated rings. The Morgan fingerprint density at radius 2 is 2.00 bits per heavy atom. The first-order valence-corrected chi connectivity index (χ1v) is 8.64. The lowest BCUT2D eigenvalue weighted by molar-refractivity contribution is -0.136. The van der Waals surface area contributed by atoms with Crippen molar-refractivity contribution in [1.82, 2.24) is 30.0 Å². The summed E-state index contributed by atoms with van der Waals surface area (Å²) in [6, 6.07) is 6.90. The smallest absolute Gasteiger partial charge is 0.244 e. The van der Waals surface area contributed by atoms with Crippen molar-refractivity contribution in [3.63, 3.8) is 0 Å². The number of piperidine rings is 1. The zero-order valence-electron chi connectivity index (χ0n) is 14.0. The van der Waals surface area contributed by atoms with Gasteiger partial charge in [-0.25, -0.2) is 9.07 Å². The van der Waals surface area contributed by atoms with Gasteiger partial charge in [0.25, 0.3) is 0 Å². The van der Waals surface area contributed by atoms with Gasteiger partial charge in [-0.3, -0.25) is 9.69 Å². The Labute approximate surface area is 145 Å². The molecule has 2 bridgehead atoms. The summed E-state index contributed by atoms with van der Waals surface area (Å²) in [7, 11) is 0. The molecule has 1 amide bonds. The fraction of sp³-hybridized carbons (Fsp3) is 0.529. The molecule has 3 saturated heterocycles. The van der Waals surface area contributed by atoms with Crippen LogP contribution in [0.1, 0.15) is 18.4 Å². The molecule has 0 aliphatic carbocycles. The van der Waals surface area contributed by atoms with Crippen LogP contribution in [-0.4, -0.2) is 61.6 Å². The zero-order valence-corrected chi connectivity index (χ0v) is 14.0. The molecule has 0 unspecified atom stereocenters. The Balaban J connectivity index is 1.43. The molecule has 132 valence electrons. The third kappa shape index (κ3) is 3.68. The highest BCUT2D eigenvalue weighted by Gasteiger charge is 2.37. The Morgan fingerprint density at radius 3 is 2.76 bits per heavy atom. The van der Waals surface area contributed by atoms with Crippen LogP contribution in [0.3, 0.4) is 0 Å². The number of aromatic nitrogens is 4. The van der Waals surface area contributed by atoms with Crippen molar-refractivity contribution in [2.24, 2.45) is 5.92 Å². The monoisotopic (exact) mass is 344 g/mol. The number of hydrogen-bond acceptors (Lipinski definition) is 5. The second-order valence-electron chi connectivity index (χ2n) is 6.97. The van der Waals surface area contributed by atoms with Crippen molar-refractivity contribution >= 4 is 5.91 Å². The van der Waals surface area contributed by atoms with Gasteiger partial charge in [-0.1, -0.05) is 12.1 Å². The molecule has 2 aromatic rings. The normalized spacial score (nSPS) is 23.6. The predicted molar refractivity (Wildman–Crippen MR) is 87.7 cm³/mol. The fourth-order valence-corrected chi connectivity index (χ4v) is 3.94. The number of amides is 1. The molecule has 0 saturated carbocycles. The summed E-state index contributed by atoms with van der Waals surface area (Å²) < 4.78 is 14.6. The van der Waals surface area contributed by atoms with Crippen LogP contribution in [0, 0.1) is 11.7 Å². The molecule has 25 heavy (non-hydrogen) atoms. The summed E-state index contributed by atoms with van der Waals surface area (Å²) in [6.45, 7) is 3.61. The van der Waals surface area contributed by atoms with Crippen molar-refractivity contribution in [2.75, 3.05) is 19.6 Å². The summed E-state index contributed by atoms with van der Waals surface area (Å²) in [4.78, 5) is 17.0. The largest absolute Gasteiger partial charge is 0.336 e. The van der Waals surface area contributed by atoms with E-state index in [-0.39, 0.29) is 24.3 Å². The lowest BCUT2D eigenvalue weighted by Crippen LogP contribution is -2.48. The Bertz CT molecular complexity index is 719. The third-order valence-electron chi connectivity index (χ3n) is 5.12. The zero-order chi connectivity index (χ0) is 17.2. The number of nitrogens with zero attached hydrogens (tertiary/aromatic N) is 6. The van der Waals surface area contributed by atoms with Gasteiger partial charge in [0.15, 0.2) is 0 Å². The number of hydrogen-bond donors (Lipinski definition) is 0. The van der Waals surface area contributed by atoms with Gasteiger partial charge >= 0.3 is 0 Å². The molecule has 0 spiro atoms. The number of tetrazole rings is 1. The first-order chi connectivity index (χ1) is 12.2.